The summed E-state index contributed by atoms with van der Waals surface area (Å²) in [4.78, 5) is 34.0. The van der Waals surface area contributed by atoms with E-state index in [2.05, 4.69) is 0 Å². The van der Waals surface area contributed by atoms with Crippen LogP contribution in [0.5, 0.6) is 0 Å². The number of carbonyl (C=O) groups is 3. The van der Waals surface area contributed by atoms with Crippen molar-refractivity contribution in [3.63, 3.8) is 0 Å². The van der Waals surface area contributed by atoms with Gasteiger partial charge in [-0.3, -0.25) is 0 Å². The van der Waals surface area contributed by atoms with Crippen molar-refractivity contribution in [2.75, 3.05) is 0 Å². The number of aryl methyl sites for hydroxylation is 1. The Morgan fingerprint density at radius 3 is 1.65 bits per heavy atom. The van der Waals surface area contributed by atoms with Crippen molar-refractivity contribution < 1.29 is 29.7 Å². The van der Waals surface area contributed by atoms with Crippen LogP contribution in [-0.2, 0) is 0 Å². The van der Waals surface area contributed by atoms with Gasteiger partial charge in [-0.25, -0.2) is 14.4 Å². The average molecular weight is 274 g/mol. The zero-order chi connectivity index (χ0) is 15.0. The maximum absolute atomic E-state index is 11.4. The van der Waals surface area contributed by atoms with Crippen LogP contribution in [0.2, 0.25) is 0 Å². The van der Waals surface area contributed by atoms with Gasteiger partial charge in [-0.15, -0.1) is 0 Å². The molecule has 0 aliphatic rings. The molecule has 6 nitrogen and oxygen atoms in total. The number of carboxylic acid groups (broad SMARTS) is 3. The highest BCUT2D eigenvalue weighted by molar-refractivity contribution is 6.18. The molecule has 2 aromatic carbocycles. The number of fused-ring (bicyclic) bond motifs is 1. The van der Waals surface area contributed by atoms with Gasteiger partial charge in [0.15, 0.2) is 0 Å². The molecule has 0 unspecified atom stereocenters. The van der Waals surface area contributed by atoms with E-state index in [9.17, 15) is 29.7 Å². The van der Waals surface area contributed by atoms with E-state index in [0.29, 0.717) is 5.39 Å². The van der Waals surface area contributed by atoms with Crippen LogP contribution in [0.1, 0.15) is 36.6 Å². The Morgan fingerprint density at radius 2 is 1.20 bits per heavy atom. The third-order valence-corrected chi connectivity index (χ3v) is 3.12. The topological polar surface area (TPSA) is 112 Å². The number of hydrogen-bond donors (Lipinski definition) is 3. The van der Waals surface area contributed by atoms with Crippen LogP contribution in [0.4, 0.5) is 0 Å². The maximum Gasteiger partial charge on any atom is 0.337 e. The van der Waals surface area contributed by atoms with Crippen LogP contribution in [-0.4, -0.2) is 33.2 Å². The first-order chi connectivity index (χ1) is 9.36. The fourth-order valence-electron chi connectivity index (χ4n) is 2.31. The van der Waals surface area contributed by atoms with Gasteiger partial charge < -0.3 is 15.3 Å². The van der Waals surface area contributed by atoms with E-state index in [1.807, 2.05) is 0 Å². The van der Waals surface area contributed by atoms with Gasteiger partial charge in [0, 0.05) is 0 Å². The first-order valence-corrected chi connectivity index (χ1v) is 5.61. The summed E-state index contributed by atoms with van der Waals surface area (Å²) in [6.45, 7) is 1.46. The minimum atomic E-state index is -1.58. The molecule has 20 heavy (non-hydrogen) atoms. The zero-order valence-electron chi connectivity index (χ0n) is 10.4. The van der Waals surface area contributed by atoms with Crippen molar-refractivity contribution in [1.82, 2.24) is 0 Å². The SMILES string of the molecule is Cc1c(C(=O)O)c(C(=O)O)c(C(=O)O)c2ccccc12. The molecule has 0 radical (unpaired) electrons. The van der Waals surface area contributed by atoms with E-state index >= 15 is 0 Å². The largest absolute Gasteiger partial charge is 0.478 e. The summed E-state index contributed by atoms with van der Waals surface area (Å²) < 4.78 is 0. The molecule has 0 aromatic heterocycles. The Morgan fingerprint density at radius 1 is 0.750 bits per heavy atom. The molecule has 2 rings (SSSR count). The van der Waals surface area contributed by atoms with Gasteiger partial charge in [0.05, 0.1) is 16.7 Å². The van der Waals surface area contributed by atoms with Crippen LogP contribution in [0.3, 0.4) is 0 Å². The number of hydrogen-bond acceptors (Lipinski definition) is 3. The second-order valence-corrected chi connectivity index (χ2v) is 4.21. The third kappa shape index (κ3) is 1.87. The number of carboxylic acids is 3. The van der Waals surface area contributed by atoms with Crippen LogP contribution in [0.15, 0.2) is 24.3 Å². The van der Waals surface area contributed by atoms with Gasteiger partial charge in [0.25, 0.3) is 0 Å². The lowest BCUT2D eigenvalue weighted by Gasteiger charge is -2.13. The summed E-state index contributed by atoms with van der Waals surface area (Å²) >= 11 is 0. The standard InChI is InChI=1S/C14H10O6/c1-6-7-4-2-3-5-8(7)10(13(17)18)11(14(19)20)9(6)12(15)16/h2-5H,1H3,(H,15,16)(H,17,18)(H,19,20). The Kier molecular flexibility index (Phi) is 3.15. The van der Waals surface area contributed by atoms with Gasteiger partial charge in [0.2, 0.25) is 0 Å². The minimum absolute atomic E-state index is 0.208. The van der Waals surface area contributed by atoms with Gasteiger partial charge in [-0.2, -0.15) is 0 Å². The van der Waals surface area contributed by atoms with Gasteiger partial charge in [0.1, 0.15) is 0 Å². The normalized spacial score (nSPS) is 10.4. The molecular weight excluding hydrogens is 264 g/mol. The Bertz CT molecular complexity index is 760. The molecule has 0 saturated carbocycles. The number of benzene rings is 2. The average Bonchev–Trinajstić information content (AvgIpc) is 2.37. The molecule has 0 saturated heterocycles. The lowest BCUT2D eigenvalue weighted by atomic mass is 9.89. The molecule has 0 fully saturated rings. The van der Waals surface area contributed by atoms with Gasteiger partial charge in [-0.05, 0) is 23.3 Å². The molecule has 102 valence electrons. The summed E-state index contributed by atoms with van der Waals surface area (Å²) in [6.07, 6.45) is 0. The Labute approximate surface area is 112 Å². The van der Waals surface area contributed by atoms with Crippen molar-refractivity contribution >= 4 is 28.7 Å². The molecule has 0 aliphatic heterocycles. The maximum atomic E-state index is 11.4. The van der Waals surface area contributed by atoms with Crippen LogP contribution < -0.4 is 0 Å². The Hall–Kier alpha value is -2.89. The monoisotopic (exact) mass is 274 g/mol. The summed E-state index contributed by atoms with van der Waals surface area (Å²) in [5.74, 6) is -4.51. The molecule has 0 atom stereocenters. The molecular formula is C14H10O6. The van der Waals surface area contributed by atoms with Crippen LogP contribution in [0, 0.1) is 6.92 Å². The highest BCUT2D eigenvalue weighted by atomic mass is 16.4. The predicted molar refractivity (Wildman–Crippen MR) is 69.6 cm³/mol. The van der Waals surface area contributed by atoms with Crippen LogP contribution in [0.25, 0.3) is 10.8 Å². The lowest BCUT2D eigenvalue weighted by Crippen LogP contribution is -2.17. The smallest absolute Gasteiger partial charge is 0.337 e. The quantitative estimate of drug-likeness (QED) is 0.791. The zero-order valence-corrected chi connectivity index (χ0v) is 10.4. The molecule has 0 heterocycles. The second kappa shape index (κ2) is 4.65. The molecule has 0 bridgehead atoms. The van der Waals surface area contributed by atoms with Crippen LogP contribution >= 0.6 is 0 Å². The molecule has 0 aliphatic carbocycles. The highest BCUT2D eigenvalue weighted by Gasteiger charge is 2.29. The highest BCUT2D eigenvalue weighted by Crippen LogP contribution is 2.30. The van der Waals surface area contributed by atoms with Crippen molar-refractivity contribution in [3.8, 4) is 0 Å². The van der Waals surface area contributed by atoms with E-state index in [-0.39, 0.29) is 10.9 Å². The first-order valence-electron chi connectivity index (χ1n) is 5.61. The van der Waals surface area contributed by atoms with E-state index in [1.165, 1.54) is 13.0 Å². The fourth-order valence-corrected chi connectivity index (χ4v) is 2.31. The van der Waals surface area contributed by atoms with Crippen molar-refractivity contribution in [2.24, 2.45) is 0 Å². The fraction of sp³-hybridized carbons (Fsp3) is 0.0714. The van der Waals surface area contributed by atoms with E-state index in [1.54, 1.807) is 18.2 Å². The van der Waals surface area contributed by atoms with E-state index < -0.39 is 34.6 Å². The minimum Gasteiger partial charge on any atom is -0.478 e. The second-order valence-electron chi connectivity index (χ2n) is 4.21. The van der Waals surface area contributed by atoms with E-state index in [0.717, 1.165) is 0 Å². The van der Waals surface area contributed by atoms with E-state index in [4.69, 9.17) is 0 Å². The summed E-state index contributed by atoms with van der Waals surface area (Å²) in [7, 11) is 0. The number of rotatable bonds is 3. The molecule has 2 aromatic rings. The van der Waals surface area contributed by atoms with Crippen molar-refractivity contribution in [1.29, 1.82) is 0 Å². The summed E-state index contributed by atoms with van der Waals surface area (Å²) in [5, 5.41) is 28.3. The molecule has 3 N–H and O–H groups in total. The molecule has 0 amide bonds. The summed E-state index contributed by atoms with van der Waals surface area (Å²) in [5.41, 5.74) is -1.46. The Balaban J connectivity index is 3.15. The van der Waals surface area contributed by atoms with Crippen molar-refractivity contribution in [2.45, 2.75) is 6.92 Å². The van der Waals surface area contributed by atoms with Gasteiger partial charge in [-0.1, -0.05) is 24.3 Å². The summed E-state index contributed by atoms with van der Waals surface area (Å²) in [6, 6.07) is 6.23. The number of aromatic carboxylic acids is 3. The third-order valence-electron chi connectivity index (χ3n) is 3.12. The molecule has 0 spiro atoms. The van der Waals surface area contributed by atoms with Gasteiger partial charge >= 0.3 is 17.9 Å². The molecule has 6 heteroatoms. The lowest BCUT2D eigenvalue weighted by molar-refractivity contribution is 0.0634. The first kappa shape index (κ1) is 13.5. The predicted octanol–water partition coefficient (Wildman–Crippen LogP) is 2.24. The van der Waals surface area contributed by atoms with Crippen molar-refractivity contribution in [3.05, 3.63) is 46.5 Å².